The first-order chi connectivity index (χ1) is 9.89. The first-order valence-corrected chi connectivity index (χ1v) is 6.71. The Morgan fingerprint density at radius 1 is 1.24 bits per heavy atom. The number of ether oxygens (including phenoxy) is 1. The van der Waals surface area contributed by atoms with Crippen LogP contribution in [0.1, 0.15) is 36.8 Å². The number of hydrogen-bond donors (Lipinski definition) is 0. The predicted molar refractivity (Wildman–Crippen MR) is 76.1 cm³/mol. The highest BCUT2D eigenvalue weighted by molar-refractivity contribution is 6.11. The van der Waals surface area contributed by atoms with Crippen molar-refractivity contribution in [3.63, 3.8) is 0 Å². The number of nitrogens with zero attached hydrogens (tertiary/aromatic N) is 1. The highest BCUT2D eigenvalue weighted by Crippen LogP contribution is 2.40. The van der Waals surface area contributed by atoms with E-state index in [4.69, 9.17) is 4.74 Å². The van der Waals surface area contributed by atoms with Gasteiger partial charge in [0.1, 0.15) is 6.61 Å². The van der Waals surface area contributed by atoms with Crippen molar-refractivity contribution >= 4 is 28.6 Å². The van der Waals surface area contributed by atoms with Gasteiger partial charge in [-0.15, -0.1) is 0 Å². The van der Waals surface area contributed by atoms with Crippen molar-refractivity contribution in [2.24, 2.45) is 0 Å². The van der Waals surface area contributed by atoms with Crippen molar-refractivity contribution in [3.05, 3.63) is 35.5 Å². The first-order valence-electron chi connectivity index (χ1n) is 6.71. The minimum atomic E-state index is -1.45. The van der Waals surface area contributed by atoms with Crippen molar-refractivity contribution in [2.45, 2.75) is 32.8 Å². The van der Waals surface area contributed by atoms with Gasteiger partial charge >= 0.3 is 5.97 Å². The summed E-state index contributed by atoms with van der Waals surface area (Å²) in [7, 11) is 0. The molecule has 108 valence electrons. The third kappa shape index (κ3) is 1.60. The summed E-state index contributed by atoms with van der Waals surface area (Å²) in [6.45, 7) is 4.37. The van der Waals surface area contributed by atoms with E-state index in [1.807, 2.05) is 18.2 Å². The standard InChI is InChI=1S/C16H15NO4/c1-9(18)16(3)14-12(8-21-15(16)20)11-6-4-5-7-13(11)17(14)10(2)19/h4-7H,8H2,1-3H3. The van der Waals surface area contributed by atoms with Gasteiger partial charge in [0, 0.05) is 17.9 Å². The number of cyclic esters (lactones) is 1. The van der Waals surface area contributed by atoms with E-state index < -0.39 is 11.4 Å². The summed E-state index contributed by atoms with van der Waals surface area (Å²) < 4.78 is 6.66. The Labute approximate surface area is 121 Å². The fraction of sp³-hybridized carbons (Fsp3) is 0.312. The highest BCUT2D eigenvalue weighted by atomic mass is 16.5. The second kappa shape index (κ2) is 4.28. The van der Waals surface area contributed by atoms with Crippen molar-refractivity contribution < 1.29 is 19.1 Å². The SMILES string of the molecule is CC(=O)n1c2c(c3ccccc31)COC(=O)C2(C)C(C)=O. The third-order valence-corrected chi connectivity index (χ3v) is 4.23. The quantitative estimate of drug-likeness (QED) is 0.595. The van der Waals surface area contributed by atoms with Gasteiger partial charge in [0.15, 0.2) is 11.2 Å². The van der Waals surface area contributed by atoms with Gasteiger partial charge in [-0.3, -0.25) is 19.0 Å². The number of carbonyl (C=O) groups excluding carboxylic acids is 3. The molecule has 0 saturated heterocycles. The summed E-state index contributed by atoms with van der Waals surface area (Å²) in [5.74, 6) is -1.17. The van der Waals surface area contributed by atoms with E-state index in [0.717, 1.165) is 10.9 Å². The Morgan fingerprint density at radius 3 is 2.52 bits per heavy atom. The topological polar surface area (TPSA) is 65.4 Å². The van der Waals surface area contributed by atoms with Gasteiger partial charge in [-0.05, 0) is 19.9 Å². The van der Waals surface area contributed by atoms with Crippen LogP contribution in [-0.4, -0.2) is 22.2 Å². The normalized spacial score (nSPS) is 21.0. The molecule has 2 heterocycles. The molecule has 0 radical (unpaired) electrons. The minimum absolute atomic E-state index is 0.0812. The molecule has 5 heteroatoms. The molecule has 0 amide bonds. The lowest BCUT2D eigenvalue weighted by Crippen LogP contribution is -2.46. The van der Waals surface area contributed by atoms with Crippen LogP contribution in [0.25, 0.3) is 10.9 Å². The summed E-state index contributed by atoms with van der Waals surface area (Å²) in [5.41, 5.74) is 0.428. The fourth-order valence-corrected chi connectivity index (χ4v) is 2.99. The maximum atomic E-state index is 12.2. The molecule has 3 rings (SSSR count). The third-order valence-electron chi connectivity index (χ3n) is 4.23. The Balaban J connectivity index is 2.51. The molecule has 1 aliphatic rings. The highest BCUT2D eigenvalue weighted by Gasteiger charge is 2.49. The number of fused-ring (bicyclic) bond motifs is 3. The molecule has 1 aromatic heterocycles. The van der Waals surface area contributed by atoms with Crippen LogP contribution < -0.4 is 0 Å². The van der Waals surface area contributed by atoms with Crippen LogP contribution in [0, 0.1) is 0 Å². The second-order valence-corrected chi connectivity index (χ2v) is 5.46. The number of aromatic nitrogens is 1. The molecule has 5 nitrogen and oxygen atoms in total. The van der Waals surface area contributed by atoms with E-state index in [-0.39, 0.29) is 18.3 Å². The molecule has 0 saturated carbocycles. The zero-order valence-corrected chi connectivity index (χ0v) is 12.1. The lowest BCUT2D eigenvalue weighted by molar-refractivity contribution is -0.156. The molecule has 21 heavy (non-hydrogen) atoms. The molecule has 0 aliphatic carbocycles. The van der Waals surface area contributed by atoms with Crippen LogP contribution in [-0.2, 0) is 26.3 Å². The van der Waals surface area contributed by atoms with Gasteiger partial charge in [0.25, 0.3) is 0 Å². The fourth-order valence-electron chi connectivity index (χ4n) is 2.99. The van der Waals surface area contributed by atoms with E-state index >= 15 is 0 Å². The van der Waals surface area contributed by atoms with Crippen LogP contribution in [0.5, 0.6) is 0 Å². The van der Waals surface area contributed by atoms with Crippen LogP contribution in [0.15, 0.2) is 24.3 Å². The molecule has 1 unspecified atom stereocenters. The number of carbonyl (C=O) groups is 3. The molecule has 2 aromatic rings. The Morgan fingerprint density at radius 2 is 1.90 bits per heavy atom. The maximum absolute atomic E-state index is 12.2. The van der Waals surface area contributed by atoms with E-state index in [9.17, 15) is 14.4 Å². The van der Waals surface area contributed by atoms with Crippen molar-refractivity contribution in [2.75, 3.05) is 0 Å². The average Bonchev–Trinajstić information content (AvgIpc) is 2.78. The van der Waals surface area contributed by atoms with E-state index in [0.29, 0.717) is 11.2 Å². The summed E-state index contributed by atoms with van der Waals surface area (Å²) in [6, 6.07) is 7.35. The second-order valence-electron chi connectivity index (χ2n) is 5.46. The van der Waals surface area contributed by atoms with Crippen LogP contribution in [0.2, 0.25) is 0 Å². The number of benzene rings is 1. The monoisotopic (exact) mass is 285 g/mol. The van der Waals surface area contributed by atoms with E-state index in [2.05, 4.69) is 0 Å². The lowest BCUT2D eigenvalue weighted by atomic mass is 9.79. The lowest BCUT2D eigenvalue weighted by Gasteiger charge is -2.31. The van der Waals surface area contributed by atoms with Gasteiger partial charge < -0.3 is 4.74 Å². The van der Waals surface area contributed by atoms with Crippen molar-refractivity contribution in [1.29, 1.82) is 0 Å². The summed E-state index contributed by atoms with van der Waals surface area (Å²) in [6.07, 6.45) is 0. The summed E-state index contributed by atoms with van der Waals surface area (Å²) >= 11 is 0. The predicted octanol–water partition coefficient (Wildman–Crippen LogP) is 2.20. The number of ketones is 1. The molecule has 0 bridgehead atoms. The maximum Gasteiger partial charge on any atom is 0.325 e. The van der Waals surface area contributed by atoms with E-state index in [1.165, 1.54) is 25.3 Å². The van der Waals surface area contributed by atoms with Crippen LogP contribution >= 0.6 is 0 Å². The smallest absolute Gasteiger partial charge is 0.325 e. The largest absolute Gasteiger partial charge is 0.460 e. The molecule has 0 spiro atoms. The van der Waals surface area contributed by atoms with Crippen molar-refractivity contribution in [1.82, 2.24) is 4.57 Å². The molecular formula is C16H15NO4. The average molecular weight is 285 g/mol. The van der Waals surface area contributed by atoms with Crippen molar-refractivity contribution in [3.8, 4) is 0 Å². The van der Waals surface area contributed by atoms with Gasteiger partial charge in [-0.25, -0.2) is 0 Å². The zero-order chi connectivity index (χ0) is 15.4. The molecule has 1 atom stereocenters. The number of esters is 1. The van der Waals surface area contributed by atoms with Crippen LogP contribution in [0.4, 0.5) is 0 Å². The molecule has 0 fully saturated rings. The first kappa shape index (κ1) is 13.5. The zero-order valence-electron chi connectivity index (χ0n) is 12.1. The molecule has 0 N–H and O–H groups in total. The van der Waals surface area contributed by atoms with Gasteiger partial charge in [0.2, 0.25) is 5.91 Å². The number of rotatable bonds is 1. The summed E-state index contributed by atoms with van der Waals surface area (Å²) in [5, 5.41) is 0.836. The number of para-hydroxylation sites is 1. The summed E-state index contributed by atoms with van der Waals surface area (Å²) in [4.78, 5) is 36.4. The molecular weight excluding hydrogens is 270 g/mol. The number of hydrogen-bond acceptors (Lipinski definition) is 4. The van der Waals surface area contributed by atoms with E-state index in [1.54, 1.807) is 6.07 Å². The molecule has 1 aliphatic heterocycles. The molecule has 1 aromatic carbocycles. The number of Topliss-reactive ketones (excluding diaryl/α,β-unsaturated/α-hetero) is 1. The Hall–Kier alpha value is -2.43. The van der Waals surface area contributed by atoms with Crippen LogP contribution in [0.3, 0.4) is 0 Å². The van der Waals surface area contributed by atoms with Gasteiger partial charge in [-0.2, -0.15) is 0 Å². The van der Waals surface area contributed by atoms with Gasteiger partial charge in [0.05, 0.1) is 11.2 Å². The Bertz CT molecular complexity index is 802. The van der Waals surface area contributed by atoms with Gasteiger partial charge in [-0.1, -0.05) is 18.2 Å². The minimum Gasteiger partial charge on any atom is -0.460 e. The Kier molecular flexibility index (Phi) is 2.76.